The Bertz CT molecular complexity index is 626. The van der Waals surface area contributed by atoms with Gasteiger partial charge in [-0.1, -0.05) is 42.5 Å². The zero-order valence-corrected chi connectivity index (χ0v) is 13.0. The van der Waals surface area contributed by atoms with E-state index in [2.05, 4.69) is 42.5 Å². The van der Waals surface area contributed by atoms with Crippen molar-refractivity contribution in [1.29, 1.82) is 0 Å². The number of hydrogen-bond donors (Lipinski definition) is 0. The van der Waals surface area contributed by atoms with Gasteiger partial charge in [-0.3, -0.25) is 4.79 Å². The molecule has 1 unspecified atom stereocenters. The van der Waals surface area contributed by atoms with Crippen molar-refractivity contribution in [2.24, 2.45) is 0 Å². The van der Waals surface area contributed by atoms with Crippen LogP contribution in [0.1, 0.15) is 30.6 Å². The van der Waals surface area contributed by atoms with Crippen LogP contribution < -0.4 is 4.90 Å². The molecular formula is C18H19NOS. The number of para-hydroxylation sites is 1. The molecule has 1 heterocycles. The Kier molecular flexibility index (Phi) is 4.30. The van der Waals surface area contributed by atoms with Crippen LogP contribution in [-0.2, 0) is 4.79 Å². The summed E-state index contributed by atoms with van der Waals surface area (Å²) >= 11 is 1.87. The summed E-state index contributed by atoms with van der Waals surface area (Å²) in [6.07, 6.45) is 2.12. The Labute approximate surface area is 130 Å². The second-order valence-corrected chi connectivity index (χ2v) is 6.54. The van der Waals surface area contributed by atoms with Gasteiger partial charge in [0.2, 0.25) is 5.91 Å². The summed E-state index contributed by atoms with van der Waals surface area (Å²) in [5.74, 6) is 0.126. The van der Waals surface area contributed by atoms with Gasteiger partial charge in [0.15, 0.2) is 0 Å². The van der Waals surface area contributed by atoms with Crippen molar-refractivity contribution in [2.45, 2.75) is 29.9 Å². The van der Waals surface area contributed by atoms with E-state index in [0.717, 1.165) is 25.1 Å². The van der Waals surface area contributed by atoms with Gasteiger partial charge in [-0.2, -0.15) is 0 Å². The van der Waals surface area contributed by atoms with Gasteiger partial charge in [0, 0.05) is 23.6 Å². The summed E-state index contributed by atoms with van der Waals surface area (Å²) in [5, 5.41) is 0.460. The Hall–Kier alpha value is -1.74. The molecule has 1 amide bonds. The molecule has 0 bridgehead atoms. The smallest absolute Gasteiger partial charge is 0.223 e. The van der Waals surface area contributed by atoms with Crippen LogP contribution in [0.5, 0.6) is 0 Å². The highest BCUT2D eigenvalue weighted by molar-refractivity contribution is 7.99. The maximum atomic E-state index is 11.9. The highest BCUT2D eigenvalue weighted by Crippen LogP contribution is 2.44. The quantitative estimate of drug-likeness (QED) is 0.762. The average molecular weight is 297 g/mol. The predicted octanol–water partition coefficient (Wildman–Crippen LogP) is 4.67. The van der Waals surface area contributed by atoms with Crippen LogP contribution in [0.25, 0.3) is 0 Å². The zero-order valence-electron chi connectivity index (χ0n) is 12.2. The van der Waals surface area contributed by atoms with E-state index in [9.17, 15) is 4.79 Å². The molecule has 0 aromatic heterocycles. The number of fused-ring (bicyclic) bond motifs is 1. The minimum atomic E-state index is 0.126. The van der Waals surface area contributed by atoms with E-state index in [4.69, 9.17) is 0 Å². The molecule has 0 saturated carbocycles. The normalized spacial score (nSPS) is 18.5. The molecule has 0 fully saturated rings. The molecule has 1 aliphatic heterocycles. The van der Waals surface area contributed by atoms with Crippen LogP contribution in [-0.4, -0.2) is 12.5 Å². The second-order valence-electron chi connectivity index (χ2n) is 5.30. The third kappa shape index (κ3) is 3.13. The van der Waals surface area contributed by atoms with Crippen LogP contribution in [0.3, 0.4) is 0 Å². The maximum Gasteiger partial charge on any atom is 0.223 e. The van der Waals surface area contributed by atoms with Gasteiger partial charge >= 0.3 is 0 Å². The Balaban J connectivity index is 1.96. The number of amides is 1. The van der Waals surface area contributed by atoms with Crippen LogP contribution in [0.15, 0.2) is 59.5 Å². The Morgan fingerprint density at radius 3 is 2.57 bits per heavy atom. The fourth-order valence-corrected chi connectivity index (χ4v) is 4.12. The third-order valence-electron chi connectivity index (χ3n) is 3.82. The van der Waals surface area contributed by atoms with E-state index in [1.165, 1.54) is 10.5 Å². The van der Waals surface area contributed by atoms with E-state index >= 15 is 0 Å². The summed E-state index contributed by atoms with van der Waals surface area (Å²) in [4.78, 5) is 15.0. The van der Waals surface area contributed by atoms with Crippen LogP contribution in [0.4, 0.5) is 5.69 Å². The number of thioether (sulfide) groups is 1. The van der Waals surface area contributed by atoms with Crippen molar-refractivity contribution in [3.05, 3.63) is 60.2 Å². The molecular weight excluding hydrogens is 278 g/mol. The average Bonchev–Trinajstić information content (AvgIpc) is 2.48. The minimum Gasteiger partial charge on any atom is -0.312 e. The molecule has 0 aliphatic carbocycles. The minimum absolute atomic E-state index is 0.126. The van der Waals surface area contributed by atoms with Crippen molar-refractivity contribution in [3.63, 3.8) is 0 Å². The van der Waals surface area contributed by atoms with Crippen molar-refractivity contribution in [3.8, 4) is 0 Å². The van der Waals surface area contributed by atoms with Crippen molar-refractivity contribution >= 4 is 23.4 Å². The molecule has 1 aliphatic rings. The lowest BCUT2D eigenvalue weighted by Crippen LogP contribution is -2.31. The second kappa shape index (κ2) is 6.35. The first kappa shape index (κ1) is 14.2. The van der Waals surface area contributed by atoms with Gasteiger partial charge in [0.25, 0.3) is 0 Å². The number of nitrogens with zero attached hydrogens (tertiary/aromatic N) is 1. The summed E-state index contributed by atoms with van der Waals surface area (Å²) in [5.41, 5.74) is 2.42. The molecule has 2 aromatic rings. The summed E-state index contributed by atoms with van der Waals surface area (Å²) in [7, 11) is 0. The largest absolute Gasteiger partial charge is 0.312 e. The Morgan fingerprint density at radius 2 is 1.81 bits per heavy atom. The van der Waals surface area contributed by atoms with E-state index in [1.807, 2.05) is 28.8 Å². The lowest BCUT2D eigenvalue weighted by Gasteiger charge is -2.29. The molecule has 3 heteroatoms. The summed E-state index contributed by atoms with van der Waals surface area (Å²) in [6.45, 7) is 2.45. The monoisotopic (exact) mass is 297 g/mol. The molecule has 2 aromatic carbocycles. The van der Waals surface area contributed by atoms with Gasteiger partial charge in [-0.05, 0) is 30.5 Å². The zero-order chi connectivity index (χ0) is 14.7. The van der Waals surface area contributed by atoms with Crippen molar-refractivity contribution < 1.29 is 4.79 Å². The standard InChI is InChI=1S/C18H19NOS/c1-14(20)19-13-7-12-17(15-8-3-2-4-9-15)21-18-11-6-5-10-16(18)19/h2-6,8-11,17H,7,12-13H2,1H3. The number of rotatable bonds is 1. The van der Waals surface area contributed by atoms with E-state index in [0.29, 0.717) is 5.25 Å². The molecule has 0 saturated heterocycles. The molecule has 0 N–H and O–H groups in total. The van der Waals surface area contributed by atoms with Gasteiger partial charge < -0.3 is 4.90 Å². The number of carbonyl (C=O) groups excluding carboxylic acids is 1. The molecule has 2 nitrogen and oxygen atoms in total. The number of hydrogen-bond acceptors (Lipinski definition) is 2. The number of carbonyl (C=O) groups is 1. The SMILES string of the molecule is CC(=O)N1CCCC(c2ccccc2)Sc2ccccc21. The van der Waals surface area contributed by atoms with Crippen LogP contribution in [0.2, 0.25) is 0 Å². The molecule has 21 heavy (non-hydrogen) atoms. The maximum absolute atomic E-state index is 11.9. The molecule has 108 valence electrons. The first-order valence-electron chi connectivity index (χ1n) is 7.34. The third-order valence-corrected chi connectivity index (χ3v) is 5.22. The van der Waals surface area contributed by atoms with Crippen LogP contribution in [0, 0.1) is 0 Å². The molecule has 0 spiro atoms. The molecule has 3 rings (SSSR count). The van der Waals surface area contributed by atoms with Crippen LogP contribution >= 0.6 is 11.8 Å². The highest BCUT2D eigenvalue weighted by Gasteiger charge is 2.22. The van der Waals surface area contributed by atoms with Gasteiger partial charge in [-0.15, -0.1) is 11.8 Å². The fraction of sp³-hybridized carbons (Fsp3) is 0.278. The highest BCUT2D eigenvalue weighted by atomic mass is 32.2. The van der Waals surface area contributed by atoms with E-state index < -0.39 is 0 Å². The topological polar surface area (TPSA) is 20.3 Å². The van der Waals surface area contributed by atoms with Gasteiger partial charge in [0.05, 0.1) is 5.69 Å². The first-order chi connectivity index (χ1) is 10.3. The fourth-order valence-electron chi connectivity index (χ4n) is 2.78. The van der Waals surface area contributed by atoms with Gasteiger partial charge in [0.1, 0.15) is 0 Å². The number of anilines is 1. The summed E-state index contributed by atoms with van der Waals surface area (Å²) in [6, 6.07) is 18.9. The van der Waals surface area contributed by atoms with E-state index in [-0.39, 0.29) is 5.91 Å². The lowest BCUT2D eigenvalue weighted by molar-refractivity contribution is -0.116. The lowest BCUT2D eigenvalue weighted by atomic mass is 10.1. The summed E-state index contributed by atoms with van der Waals surface area (Å²) < 4.78 is 0. The first-order valence-corrected chi connectivity index (χ1v) is 8.22. The van der Waals surface area contributed by atoms with Crippen molar-refractivity contribution in [1.82, 2.24) is 0 Å². The molecule has 0 radical (unpaired) electrons. The van der Waals surface area contributed by atoms with Crippen molar-refractivity contribution in [2.75, 3.05) is 11.4 Å². The van der Waals surface area contributed by atoms with Gasteiger partial charge in [-0.25, -0.2) is 0 Å². The van der Waals surface area contributed by atoms with E-state index in [1.54, 1.807) is 6.92 Å². The Morgan fingerprint density at radius 1 is 1.10 bits per heavy atom. The predicted molar refractivity (Wildman–Crippen MR) is 88.7 cm³/mol. The number of benzene rings is 2. The molecule has 1 atom stereocenters.